The van der Waals surface area contributed by atoms with Crippen LogP contribution in [0.1, 0.15) is 9.67 Å². The second kappa shape index (κ2) is 3.55. The fourth-order valence-electron chi connectivity index (χ4n) is 1.01. The van der Waals surface area contributed by atoms with Gasteiger partial charge in [0, 0.05) is 5.39 Å². The Hall–Kier alpha value is -0.140. The molecule has 2 aromatic rings. The Morgan fingerprint density at radius 1 is 1.46 bits per heavy atom. The summed E-state index contributed by atoms with van der Waals surface area (Å²) in [6.07, 6.45) is 0. The summed E-state index contributed by atoms with van der Waals surface area (Å²) in [7, 11) is 1.40. The number of methoxy groups -OCH3 is 1. The Balaban J connectivity index is 2.51. The first-order chi connectivity index (χ1) is 6.20. The molecule has 5 heteroatoms. The van der Waals surface area contributed by atoms with Gasteiger partial charge in [-0.15, -0.1) is 22.7 Å². The van der Waals surface area contributed by atoms with Gasteiger partial charge >= 0.3 is 5.97 Å². The molecule has 0 fully saturated rings. The molecule has 2 rings (SSSR count). The van der Waals surface area contributed by atoms with Crippen molar-refractivity contribution in [2.45, 2.75) is 0 Å². The van der Waals surface area contributed by atoms with E-state index >= 15 is 0 Å². The van der Waals surface area contributed by atoms with Gasteiger partial charge in [-0.05, 0) is 34.7 Å². The van der Waals surface area contributed by atoms with Gasteiger partial charge in [0.25, 0.3) is 0 Å². The Morgan fingerprint density at radius 3 is 2.85 bits per heavy atom. The molecule has 0 unspecified atom stereocenters. The number of hydrogen-bond donors (Lipinski definition) is 0. The molecule has 0 N–H and O–H groups in total. The highest BCUT2D eigenvalue weighted by atomic mass is 127. The molecule has 0 saturated heterocycles. The first-order valence-corrected chi connectivity index (χ1v) is 6.19. The summed E-state index contributed by atoms with van der Waals surface area (Å²) in [5, 5.41) is 1.14. The number of esters is 1. The van der Waals surface area contributed by atoms with E-state index in [0.29, 0.717) is 4.88 Å². The van der Waals surface area contributed by atoms with Crippen LogP contribution in [0, 0.1) is 2.88 Å². The molecular formula is C8H5IO2S2. The Labute approximate surface area is 96.7 Å². The van der Waals surface area contributed by atoms with Crippen molar-refractivity contribution >= 4 is 60.6 Å². The zero-order valence-corrected chi connectivity index (χ0v) is 10.5. The molecular weight excluding hydrogens is 319 g/mol. The molecule has 0 saturated carbocycles. The van der Waals surface area contributed by atoms with Crippen LogP contribution >= 0.6 is 45.3 Å². The molecule has 0 bridgehead atoms. The second-order valence-corrected chi connectivity index (χ2v) is 6.65. The molecule has 0 aliphatic rings. The number of rotatable bonds is 1. The van der Waals surface area contributed by atoms with E-state index in [-0.39, 0.29) is 5.97 Å². The van der Waals surface area contributed by atoms with Crippen molar-refractivity contribution in [1.29, 1.82) is 0 Å². The van der Waals surface area contributed by atoms with Crippen molar-refractivity contribution in [2.24, 2.45) is 0 Å². The van der Waals surface area contributed by atoms with Crippen LogP contribution in [-0.4, -0.2) is 13.1 Å². The molecule has 2 aromatic heterocycles. The molecule has 0 atom stereocenters. The third-order valence-corrected chi connectivity index (χ3v) is 4.70. The highest BCUT2D eigenvalue weighted by Gasteiger charge is 2.11. The summed E-state index contributed by atoms with van der Waals surface area (Å²) in [6, 6.07) is 3.95. The topological polar surface area (TPSA) is 26.3 Å². The molecule has 0 amide bonds. The molecule has 2 nitrogen and oxygen atoms in total. The Kier molecular flexibility index (Phi) is 2.57. The number of halogens is 1. The summed E-state index contributed by atoms with van der Waals surface area (Å²) in [4.78, 5) is 11.8. The second-order valence-electron chi connectivity index (χ2n) is 2.40. The zero-order chi connectivity index (χ0) is 9.42. The first-order valence-electron chi connectivity index (χ1n) is 3.48. The SMILES string of the molecule is COC(=O)c1cc2cc(I)sc2s1. The highest BCUT2D eigenvalue weighted by molar-refractivity contribution is 14.1. The van der Waals surface area contributed by atoms with Crippen LogP contribution in [0.5, 0.6) is 0 Å². The monoisotopic (exact) mass is 324 g/mol. The van der Waals surface area contributed by atoms with Crippen LogP contribution in [0.2, 0.25) is 0 Å². The maximum atomic E-state index is 11.2. The van der Waals surface area contributed by atoms with Crippen LogP contribution in [-0.2, 0) is 4.74 Å². The van der Waals surface area contributed by atoms with Crippen LogP contribution in [0.4, 0.5) is 0 Å². The van der Waals surface area contributed by atoms with Gasteiger partial charge in [-0.3, -0.25) is 0 Å². The van der Waals surface area contributed by atoms with Crippen LogP contribution in [0.25, 0.3) is 9.40 Å². The predicted octanol–water partition coefficient (Wildman–Crippen LogP) is 3.35. The number of ether oxygens (including phenoxy) is 1. The first kappa shape index (κ1) is 9.42. The lowest BCUT2D eigenvalue weighted by Gasteiger charge is -1.90. The minimum Gasteiger partial charge on any atom is -0.465 e. The minimum absolute atomic E-state index is 0.247. The molecule has 0 aliphatic carbocycles. The zero-order valence-electron chi connectivity index (χ0n) is 6.67. The number of thiophene rings is 2. The van der Waals surface area contributed by atoms with E-state index in [1.54, 1.807) is 11.3 Å². The summed E-state index contributed by atoms with van der Waals surface area (Å²) in [5.74, 6) is -0.247. The third kappa shape index (κ3) is 1.72. The van der Waals surface area contributed by atoms with E-state index in [9.17, 15) is 4.79 Å². The van der Waals surface area contributed by atoms with Crippen molar-refractivity contribution in [3.05, 3.63) is 19.9 Å². The van der Waals surface area contributed by atoms with Crippen molar-refractivity contribution < 1.29 is 9.53 Å². The average molecular weight is 324 g/mol. The number of carbonyl (C=O) groups excluding carboxylic acids is 1. The normalized spacial score (nSPS) is 10.6. The lowest BCUT2D eigenvalue weighted by Crippen LogP contribution is -1.96. The lowest BCUT2D eigenvalue weighted by molar-refractivity contribution is 0.0606. The number of hydrogen-bond acceptors (Lipinski definition) is 4. The summed E-state index contributed by atoms with van der Waals surface area (Å²) >= 11 is 5.47. The smallest absolute Gasteiger partial charge is 0.348 e. The van der Waals surface area contributed by atoms with Gasteiger partial charge in [-0.2, -0.15) is 0 Å². The molecule has 68 valence electrons. The molecule has 0 aromatic carbocycles. The Morgan fingerprint density at radius 2 is 2.23 bits per heavy atom. The fraction of sp³-hybridized carbons (Fsp3) is 0.125. The molecule has 0 spiro atoms. The van der Waals surface area contributed by atoms with E-state index in [0.717, 1.165) is 5.39 Å². The van der Waals surface area contributed by atoms with Crippen LogP contribution < -0.4 is 0 Å². The fourth-order valence-corrected chi connectivity index (χ4v) is 4.55. The van der Waals surface area contributed by atoms with E-state index in [4.69, 9.17) is 0 Å². The third-order valence-electron chi connectivity index (χ3n) is 1.57. The molecule has 2 heterocycles. The molecule has 0 radical (unpaired) electrons. The summed E-state index contributed by atoms with van der Waals surface area (Å²) in [5.41, 5.74) is 0. The number of carbonyl (C=O) groups is 1. The van der Waals surface area contributed by atoms with Gasteiger partial charge in [0.2, 0.25) is 0 Å². The Bertz CT molecular complexity index is 426. The summed E-state index contributed by atoms with van der Waals surface area (Å²) < 4.78 is 7.07. The van der Waals surface area contributed by atoms with Crippen molar-refractivity contribution in [1.82, 2.24) is 0 Å². The lowest BCUT2D eigenvalue weighted by atomic mass is 10.4. The summed E-state index contributed by atoms with van der Waals surface area (Å²) in [6.45, 7) is 0. The van der Waals surface area contributed by atoms with Gasteiger partial charge in [0.05, 0.1) is 14.0 Å². The highest BCUT2D eigenvalue weighted by Crippen LogP contribution is 2.34. The molecule has 13 heavy (non-hydrogen) atoms. The maximum absolute atomic E-state index is 11.2. The van der Waals surface area contributed by atoms with E-state index in [2.05, 4.69) is 33.4 Å². The maximum Gasteiger partial charge on any atom is 0.348 e. The van der Waals surface area contributed by atoms with Crippen LogP contribution in [0.3, 0.4) is 0 Å². The van der Waals surface area contributed by atoms with Gasteiger partial charge in [-0.25, -0.2) is 4.79 Å². The molecule has 0 aliphatic heterocycles. The quantitative estimate of drug-likeness (QED) is 0.594. The van der Waals surface area contributed by atoms with Crippen molar-refractivity contribution in [3.63, 3.8) is 0 Å². The van der Waals surface area contributed by atoms with E-state index in [1.807, 2.05) is 6.07 Å². The van der Waals surface area contributed by atoms with Gasteiger partial charge in [0.1, 0.15) is 4.88 Å². The predicted molar refractivity (Wildman–Crippen MR) is 63.8 cm³/mol. The standard InChI is InChI=1S/C8H5IO2S2/c1-11-7(10)5-2-4-3-6(9)13-8(4)12-5/h2-3H,1H3. The largest absolute Gasteiger partial charge is 0.465 e. The average Bonchev–Trinajstić information content (AvgIpc) is 2.59. The van der Waals surface area contributed by atoms with Crippen molar-refractivity contribution in [3.8, 4) is 0 Å². The van der Waals surface area contributed by atoms with E-state index < -0.39 is 0 Å². The van der Waals surface area contributed by atoms with Gasteiger partial charge in [-0.1, -0.05) is 0 Å². The van der Waals surface area contributed by atoms with Crippen LogP contribution in [0.15, 0.2) is 12.1 Å². The van der Waals surface area contributed by atoms with Gasteiger partial charge in [0.15, 0.2) is 0 Å². The number of fused-ring (bicyclic) bond motifs is 1. The minimum atomic E-state index is -0.247. The van der Waals surface area contributed by atoms with Crippen molar-refractivity contribution in [2.75, 3.05) is 7.11 Å². The van der Waals surface area contributed by atoms with Gasteiger partial charge < -0.3 is 4.74 Å². The van der Waals surface area contributed by atoms with E-state index in [1.165, 1.54) is 25.3 Å².